The van der Waals surface area contributed by atoms with E-state index in [0.29, 0.717) is 6.61 Å². The molecule has 1 unspecified atom stereocenters. The van der Waals surface area contributed by atoms with Crippen LogP contribution in [0.3, 0.4) is 0 Å². The summed E-state index contributed by atoms with van der Waals surface area (Å²) in [6.45, 7) is 10.4. The highest BCUT2D eigenvalue weighted by Crippen LogP contribution is 2.21. The molecule has 1 saturated heterocycles. The van der Waals surface area contributed by atoms with Crippen molar-refractivity contribution in [1.82, 2.24) is 20.0 Å². The largest absolute Gasteiger partial charge is 0.370 e. The van der Waals surface area contributed by atoms with Crippen LogP contribution < -0.4 is 5.32 Å². The van der Waals surface area contributed by atoms with Crippen LogP contribution in [0.25, 0.3) is 0 Å². The van der Waals surface area contributed by atoms with Crippen molar-refractivity contribution >= 4 is 5.96 Å². The molecule has 2 aromatic rings. The lowest BCUT2D eigenvalue weighted by molar-refractivity contribution is -0.00803. The quantitative estimate of drug-likeness (QED) is 0.650. The molecule has 0 aliphatic carbocycles. The maximum atomic E-state index is 5.96. The minimum Gasteiger partial charge on any atom is -0.370 e. The molecule has 2 heterocycles. The van der Waals surface area contributed by atoms with E-state index in [1.165, 1.54) is 16.7 Å². The van der Waals surface area contributed by atoms with Gasteiger partial charge in [-0.3, -0.25) is 9.67 Å². The third kappa shape index (κ3) is 5.32. The normalized spacial score (nSPS) is 18.0. The van der Waals surface area contributed by atoms with Crippen LogP contribution in [0.2, 0.25) is 0 Å². The van der Waals surface area contributed by atoms with E-state index in [1.54, 1.807) is 0 Å². The van der Waals surface area contributed by atoms with Crippen LogP contribution in [-0.2, 0) is 18.2 Å². The van der Waals surface area contributed by atoms with Crippen LogP contribution in [0.1, 0.15) is 35.3 Å². The predicted octanol–water partition coefficient (Wildman–Crippen LogP) is 2.62. The molecule has 0 amide bonds. The monoisotopic (exact) mass is 369 g/mol. The smallest absolute Gasteiger partial charge is 0.194 e. The second-order valence-corrected chi connectivity index (χ2v) is 7.23. The number of guanidine groups is 1. The highest BCUT2D eigenvalue weighted by molar-refractivity contribution is 5.80. The number of nitrogens with zero attached hydrogens (tertiary/aromatic N) is 4. The molecule has 27 heavy (non-hydrogen) atoms. The number of aryl methyl sites for hydroxylation is 3. The molecule has 1 atom stereocenters. The van der Waals surface area contributed by atoms with Crippen molar-refractivity contribution in [2.75, 3.05) is 32.8 Å². The van der Waals surface area contributed by atoms with Gasteiger partial charge in [0.25, 0.3) is 0 Å². The Balaban J connectivity index is 1.65. The van der Waals surface area contributed by atoms with Gasteiger partial charge in [-0.2, -0.15) is 5.10 Å². The van der Waals surface area contributed by atoms with Crippen LogP contribution in [0, 0.1) is 13.8 Å². The summed E-state index contributed by atoms with van der Waals surface area (Å²) in [4.78, 5) is 7.18. The van der Waals surface area contributed by atoms with E-state index < -0.39 is 0 Å². The van der Waals surface area contributed by atoms with Gasteiger partial charge < -0.3 is 15.0 Å². The third-order valence-electron chi connectivity index (χ3n) is 4.74. The number of aromatic nitrogens is 2. The summed E-state index contributed by atoms with van der Waals surface area (Å²) < 4.78 is 7.78. The molecule has 0 radical (unpaired) electrons. The first kappa shape index (κ1) is 19.4. The zero-order valence-electron chi connectivity index (χ0n) is 16.9. The summed E-state index contributed by atoms with van der Waals surface area (Å²) in [7, 11) is 1.93. The fourth-order valence-electron chi connectivity index (χ4n) is 3.58. The van der Waals surface area contributed by atoms with Gasteiger partial charge in [-0.15, -0.1) is 0 Å². The second-order valence-electron chi connectivity index (χ2n) is 7.23. The summed E-state index contributed by atoms with van der Waals surface area (Å²) in [5, 5.41) is 7.71. The second kappa shape index (κ2) is 9.04. The summed E-state index contributed by atoms with van der Waals surface area (Å²) in [6.07, 6.45) is 4.90. The fourth-order valence-corrected chi connectivity index (χ4v) is 3.58. The van der Waals surface area contributed by atoms with Crippen molar-refractivity contribution in [3.8, 4) is 0 Å². The molecular weight excluding hydrogens is 338 g/mol. The number of benzene rings is 1. The highest BCUT2D eigenvalue weighted by atomic mass is 16.5. The van der Waals surface area contributed by atoms with Gasteiger partial charge in [0.1, 0.15) is 6.10 Å². The molecule has 1 aliphatic rings. The number of ether oxygens (including phenoxy) is 1. The van der Waals surface area contributed by atoms with Crippen molar-refractivity contribution < 1.29 is 4.74 Å². The Morgan fingerprint density at radius 3 is 2.74 bits per heavy atom. The van der Waals surface area contributed by atoms with Crippen LogP contribution in [0.5, 0.6) is 0 Å². The maximum absolute atomic E-state index is 5.96. The Kier molecular flexibility index (Phi) is 6.50. The van der Waals surface area contributed by atoms with Gasteiger partial charge in [0.05, 0.1) is 19.3 Å². The number of aliphatic imine (C=N–C) groups is 1. The molecule has 0 saturated carbocycles. The minimum absolute atomic E-state index is 0.0377. The lowest BCUT2D eigenvalue weighted by Crippen LogP contribution is -2.48. The summed E-state index contributed by atoms with van der Waals surface area (Å²) in [6, 6.07) is 6.72. The van der Waals surface area contributed by atoms with Gasteiger partial charge in [0, 0.05) is 38.4 Å². The first-order chi connectivity index (χ1) is 13.0. The van der Waals surface area contributed by atoms with E-state index in [-0.39, 0.29) is 6.10 Å². The van der Waals surface area contributed by atoms with Crippen molar-refractivity contribution in [3.63, 3.8) is 0 Å². The average Bonchev–Trinajstić information content (AvgIpc) is 3.07. The Hall–Kier alpha value is -2.34. The average molecular weight is 370 g/mol. The first-order valence-electron chi connectivity index (χ1n) is 9.75. The highest BCUT2D eigenvalue weighted by Gasteiger charge is 2.25. The van der Waals surface area contributed by atoms with E-state index >= 15 is 0 Å². The molecule has 1 aromatic heterocycles. The fraction of sp³-hybridized carbons (Fsp3) is 0.524. The number of hydrogen-bond donors (Lipinski definition) is 1. The standard InChI is InChI=1S/C21H31N5O/c1-5-22-21(23-7-6-18-11-16(2)10-17(3)12-18)26-8-9-27-20(15-26)19-13-24-25(4)14-19/h10-14,20H,5-9,15H2,1-4H3,(H,22,23). The lowest BCUT2D eigenvalue weighted by atomic mass is 10.1. The van der Waals surface area contributed by atoms with Crippen LogP contribution in [-0.4, -0.2) is 53.4 Å². The lowest BCUT2D eigenvalue weighted by Gasteiger charge is -2.34. The molecule has 6 heteroatoms. The van der Waals surface area contributed by atoms with Gasteiger partial charge in [-0.1, -0.05) is 29.3 Å². The SMILES string of the molecule is CCNC(=NCCc1cc(C)cc(C)c1)N1CCOC(c2cnn(C)c2)C1. The molecule has 146 valence electrons. The Bertz CT molecular complexity index is 762. The zero-order valence-corrected chi connectivity index (χ0v) is 16.9. The van der Waals surface area contributed by atoms with E-state index in [9.17, 15) is 0 Å². The van der Waals surface area contributed by atoms with E-state index in [0.717, 1.165) is 44.1 Å². The molecule has 3 rings (SSSR count). The molecular formula is C21H31N5O. The van der Waals surface area contributed by atoms with Crippen molar-refractivity contribution in [2.24, 2.45) is 12.0 Å². The Morgan fingerprint density at radius 2 is 2.07 bits per heavy atom. The van der Waals surface area contributed by atoms with Crippen LogP contribution in [0.4, 0.5) is 0 Å². The van der Waals surface area contributed by atoms with E-state index in [2.05, 4.69) is 54.3 Å². The van der Waals surface area contributed by atoms with Gasteiger partial charge >= 0.3 is 0 Å². The molecule has 1 aliphatic heterocycles. The summed E-state index contributed by atoms with van der Waals surface area (Å²) in [5.41, 5.74) is 5.09. The molecule has 1 N–H and O–H groups in total. The Labute approximate surface area is 162 Å². The number of morpholine rings is 1. The van der Waals surface area contributed by atoms with Gasteiger partial charge in [0.15, 0.2) is 5.96 Å². The summed E-state index contributed by atoms with van der Waals surface area (Å²) >= 11 is 0. The number of hydrogen-bond acceptors (Lipinski definition) is 3. The summed E-state index contributed by atoms with van der Waals surface area (Å²) in [5.74, 6) is 0.971. The van der Waals surface area contributed by atoms with E-state index in [4.69, 9.17) is 9.73 Å². The van der Waals surface area contributed by atoms with E-state index in [1.807, 2.05) is 24.1 Å². The zero-order chi connectivity index (χ0) is 19.2. The minimum atomic E-state index is 0.0377. The third-order valence-corrected chi connectivity index (χ3v) is 4.74. The molecule has 1 fully saturated rings. The van der Waals surface area contributed by atoms with Gasteiger partial charge in [-0.05, 0) is 32.8 Å². The number of nitrogens with one attached hydrogen (secondary N) is 1. The van der Waals surface area contributed by atoms with Crippen molar-refractivity contribution in [1.29, 1.82) is 0 Å². The topological polar surface area (TPSA) is 54.7 Å². The van der Waals surface area contributed by atoms with Crippen LogP contribution >= 0.6 is 0 Å². The molecule has 0 spiro atoms. The van der Waals surface area contributed by atoms with Crippen molar-refractivity contribution in [3.05, 3.63) is 52.8 Å². The van der Waals surface area contributed by atoms with Crippen molar-refractivity contribution in [2.45, 2.75) is 33.3 Å². The van der Waals surface area contributed by atoms with Gasteiger partial charge in [0.2, 0.25) is 0 Å². The molecule has 1 aromatic carbocycles. The first-order valence-corrected chi connectivity index (χ1v) is 9.75. The predicted molar refractivity (Wildman–Crippen MR) is 109 cm³/mol. The number of rotatable bonds is 5. The molecule has 6 nitrogen and oxygen atoms in total. The van der Waals surface area contributed by atoms with Crippen LogP contribution in [0.15, 0.2) is 35.6 Å². The Morgan fingerprint density at radius 1 is 1.30 bits per heavy atom. The maximum Gasteiger partial charge on any atom is 0.194 e. The van der Waals surface area contributed by atoms with Gasteiger partial charge in [-0.25, -0.2) is 0 Å². The molecule has 0 bridgehead atoms.